The second-order valence-corrected chi connectivity index (χ2v) is 6.25. The molecule has 0 fully saturated rings. The standard InChI is InChI=1S/C20H17FN4O3/c21-15-7-4-8-16(11-15)27-13-18-22-20(28-24-18)17-9-10-19(26)25(23-17)12-14-5-2-1-3-6-14/h1-8,11H,9-10,12-13H2. The minimum absolute atomic E-state index is 0.0346. The zero-order valence-corrected chi connectivity index (χ0v) is 14.9. The number of amides is 1. The summed E-state index contributed by atoms with van der Waals surface area (Å²) in [5, 5.41) is 9.67. The van der Waals surface area contributed by atoms with Gasteiger partial charge in [-0.05, 0) is 17.7 Å². The maximum Gasteiger partial charge on any atom is 0.274 e. The van der Waals surface area contributed by atoms with Gasteiger partial charge >= 0.3 is 0 Å². The van der Waals surface area contributed by atoms with E-state index >= 15 is 0 Å². The summed E-state index contributed by atoms with van der Waals surface area (Å²) < 4.78 is 23.9. The van der Waals surface area contributed by atoms with Gasteiger partial charge in [0, 0.05) is 18.9 Å². The second kappa shape index (κ2) is 7.99. The van der Waals surface area contributed by atoms with Crippen molar-refractivity contribution in [2.24, 2.45) is 5.10 Å². The molecule has 2 aromatic carbocycles. The fraction of sp³-hybridized carbons (Fsp3) is 0.200. The van der Waals surface area contributed by atoms with Crippen LogP contribution < -0.4 is 4.74 Å². The average molecular weight is 380 g/mol. The first-order valence-corrected chi connectivity index (χ1v) is 8.80. The van der Waals surface area contributed by atoms with E-state index in [9.17, 15) is 9.18 Å². The highest BCUT2D eigenvalue weighted by molar-refractivity contribution is 6.00. The molecule has 1 aliphatic heterocycles. The van der Waals surface area contributed by atoms with E-state index in [1.165, 1.54) is 17.1 Å². The summed E-state index contributed by atoms with van der Waals surface area (Å²) in [5.74, 6) is 0.505. The summed E-state index contributed by atoms with van der Waals surface area (Å²) in [6, 6.07) is 15.4. The summed E-state index contributed by atoms with van der Waals surface area (Å²) in [6.07, 6.45) is 0.750. The van der Waals surface area contributed by atoms with Crippen LogP contribution in [0.1, 0.15) is 30.1 Å². The number of benzene rings is 2. The first kappa shape index (κ1) is 17.8. The van der Waals surface area contributed by atoms with Crippen LogP contribution in [0.3, 0.4) is 0 Å². The number of hydrogen-bond acceptors (Lipinski definition) is 6. The number of halogens is 1. The van der Waals surface area contributed by atoms with Crippen LogP contribution in [0.4, 0.5) is 4.39 Å². The van der Waals surface area contributed by atoms with Crippen molar-refractivity contribution in [3.8, 4) is 5.75 Å². The predicted molar refractivity (Wildman–Crippen MR) is 97.8 cm³/mol. The molecule has 0 unspecified atom stereocenters. The number of ether oxygens (including phenoxy) is 1. The Bertz CT molecular complexity index is 1000. The molecule has 1 aliphatic rings. The van der Waals surface area contributed by atoms with E-state index in [2.05, 4.69) is 15.2 Å². The third-order valence-corrected chi connectivity index (χ3v) is 4.16. The number of hydrazone groups is 1. The molecule has 8 heteroatoms. The van der Waals surface area contributed by atoms with Crippen LogP contribution in [0.25, 0.3) is 0 Å². The first-order chi connectivity index (χ1) is 13.7. The van der Waals surface area contributed by atoms with Gasteiger partial charge in [0.05, 0.1) is 6.54 Å². The summed E-state index contributed by atoms with van der Waals surface area (Å²) in [6.45, 7) is 0.416. The van der Waals surface area contributed by atoms with Crippen LogP contribution >= 0.6 is 0 Å². The number of rotatable bonds is 6. The third-order valence-electron chi connectivity index (χ3n) is 4.16. The van der Waals surface area contributed by atoms with Crippen molar-refractivity contribution < 1.29 is 18.4 Å². The van der Waals surface area contributed by atoms with Gasteiger partial charge < -0.3 is 9.26 Å². The maximum atomic E-state index is 13.2. The molecule has 0 aliphatic carbocycles. The van der Waals surface area contributed by atoms with E-state index < -0.39 is 0 Å². The van der Waals surface area contributed by atoms with Gasteiger partial charge in [-0.15, -0.1) is 0 Å². The molecule has 0 N–H and O–H groups in total. The topological polar surface area (TPSA) is 80.8 Å². The van der Waals surface area contributed by atoms with E-state index in [0.717, 1.165) is 5.56 Å². The van der Waals surface area contributed by atoms with Gasteiger partial charge in [-0.25, -0.2) is 9.40 Å². The molecule has 0 saturated carbocycles. The minimum atomic E-state index is -0.383. The van der Waals surface area contributed by atoms with E-state index in [1.807, 2.05) is 30.3 Å². The quantitative estimate of drug-likeness (QED) is 0.655. The zero-order chi connectivity index (χ0) is 19.3. The molecule has 0 spiro atoms. The predicted octanol–water partition coefficient (Wildman–Crippen LogP) is 3.31. The summed E-state index contributed by atoms with van der Waals surface area (Å²) in [7, 11) is 0. The SMILES string of the molecule is O=C1CCC(c2nc(COc3cccc(F)c3)no2)=NN1Cc1ccccc1. The fourth-order valence-electron chi connectivity index (χ4n) is 2.77. The van der Waals surface area contributed by atoms with Crippen LogP contribution in [-0.2, 0) is 17.9 Å². The van der Waals surface area contributed by atoms with E-state index in [1.54, 1.807) is 12.1 Å². The highest BCUT2D eigenvalue weighted by atomic mass is 19.1. The lowest BCUT2D eigenvalue weighted by Gasteiger charge is -2.22. The van der Waals surface area contributed by atoms with Gasteiger partial charge in [-0.3, -0.25) is 4.79 Å². The number of carbonyl (C=O) groups excluding carboxylic acids is 1. The van der Waals surface area contributed by atoms with Crippen molar-refractivity contribution in [3.63, 3.8) is 0 Å². The van der Waals surface area contributed by atoms with Crippen molar-refractivity contribution in [3.05, 3.63) is 77.7 Å². The number of hydrogen-bond donors (Lipinski definition) is 0. The Hall–Kier alpha value is -3.55. The Kier molecular flexibility index (Phi) is 5.09. The van der Waals surface area contributed by atoms with Gasteiger partial charge in [-0.1, -0.05) is 41.6 Å². The highest BCUT2D eigenvalue weighted by Gasteiger charge is 2.24. The normalized spacial score (nSPS) is 14.1. The maximum absolute atomic E-state index is 13.2. The zero-order valence-electron chi connectivity index (χ0n) is 14.9. The number of aromatic nitrogens is 2. The molecule has 2 heterocycles. The van der Waals surface area contributed by atoms with E-state index in [0.29, 0.717) is 36.7 Å². The molecule has 28 heavy (non-hydrogen) atoms. The average Bonchev–Trinajstić information content (AvgIpc) is 3.18. The van der Waals surface area contributed by atoms with Crippen LogP contribution in [-0.4, -0.2) is 26.8 Å². The lowest BCUT2D eigenvalue weighted by molar-refractivity contribution is -0.132. The number of nitrogens with zero attached hydrogens (tertiary/aromatic N) is 4. The highest BCUT2D eigenvalue weighted by Crippen LogP contribution is 2.18. The fourth-order valence-corrected chi connectivity index (χ4v) is 2.77. The van der Waals surface area contributed by atoms with Crippen molar-refractivity contribution >= 4 is 11.6 Å². The van der Waals surface area contributed by atoms with Crippen molar-refractivity contribution in [1.82, 2.24) is 15.1 Å². The summed E-state index contributed by atoms with van der Waals surface area (Å²) >= 11 is 0. The molecular formula is C20H17FN4O3. The second-order valence-electron chi connectivity index (χ2n) is 6.25. The van der Waals surface area contributed by atoms with E-state index in [4.69, 9.17) is 9.26 Å². The summed E-state index contributed by atoms with van der Waals surface area (Å²) in [4.78, 5) is 16.4. The van der Waals surface area contributed by atoms with Crippen molar-refractivity contribution in [1.29, 1.82) is 0 Å². The smallest absolute Gasteiger partial charge is 0.274 e. The Morgan fingerprint density at radius 1 is 1.11 bits per heavy atom. The number of carbonyl (C=O) groups is 1. The lowest BCUT2D eigenvalue weighted by atomic mass is 10.1. The van der Waals surface area contributed by atoms with Crippen LogP contribution in [0.15, 0.2) is 64.2 Å². The monoisotopic (exact) mass is 380 g/mol. The molecule has 142 valence electrons. The molecular weight excluding hydrogens is 363 g/mol. The molecule has 1 aromatic heterocycles. The van der Waals surface area contributed by atoms with Crippen molar-refractivity contribution in [2.45, 2.75) is 26.0 Å². The molecule has 1 amide bonds. The Labute approximate surface area is 160 Å². The first-order valence-electron chi connectivity index (χ1n) is 8.80. The molecule has 4 rings (SSSR count). The third kappa shape index (κ3) is 4.22. The van der Waals surface area contributed by atoms with Crippen LogP contribution in [0.2, 0.25) is 0 Å². The molecule has 0 atom stereocenters. The Morgan fingerprint density at radius 3 is 2.79 bits per heavy atom. The van der Waals surface area contributed by atoms with Crippen molar-refractivity contribution in [2.75, 3.05) is 0 Å². The largest absolute Gasteiger partial charge is 0.485 e. The van der Waals surface area contributed by atoms with Crippen LogP contribution in [0, 0.1) is 5.82 Å². The molecule has 3 aromatic rings. The van der Waals surface area contributed by atoms with Gasteiger partial charge in [0.25, 0.3) is 5.89 Å². The summed E-state index contributed by atoms with van der Waals surface area (Å²) in [5.41, 5.74) is 1.54. The Morgan fingerprint density at radius 2 is 1.96 bits per heavy atom. The van der Waals surface area contributed by atoms with E-state index in [-0.39, 0.29) is 24.2 Å². The van der Waals surface area contributed by atoms with Gasteiger partial charge in [0.1, 0.15) is 17.3 Å². The van der Waals surface area contributed by atoms with Gasteiger partial charge in [0.15, 0.2) is 6.61 Å². The molecule has 0 saturated heterocycles. The van der Waals surface area contributed by atoms with Crippen LogP contribution in [0.5, 0.6) is 5.75 Å². The Balaban J connectivity index is 1.44. The molecule has 7 nitrogen and oxygen atoms in total. The van der Waals surface area contributed by atoms with Gasteiger partial charge in [0.2, 0.25) is 11.7 Å². The molecule has 0 bridgehead atoms. The lowest BCUT2D eigenvalue weighted by Crippen LogP contribution is -2.31. The molecule has 0 radical (unpaired) electrons. The minimum Gasteiger partial charge on any atom is -0.485 e. The van der Waals surface area contributed by atoms with Gasteiger partial charge in [-0.2, -0.15) is 10.1 Å².